The largest absolute Gasteiger partial charge is 0.356 e. The van der Waals surface area contributed by atoms with Crippen LogP contribution < -0.4 is 5.32 Å². The highest BCUT2D eigenvalue weighted by molar-refractivity contribution is 7.99. The number of ketones is 1. The van der Waals surface area contributed by atoms with Crippen LogP contribution in [0, 0.1) is 12.7 Å². The number of aryl methyl sites for hydroxylation is 1. The molecule has 3 rings (SSSR count). The van der Waals surface area contributed by atoms with E-state index in [0.29, 0.717) is 29.2 Å². The lowest BCUT2D eigenvalue weighted by molar-refractivity contribution is -0.118. The van der Waals surface area contributed by atoms with E-state index >= 15 is 0 Å². The van der Waals surface area contributed by atoms with E-state index in [1.165, 1.54) is 24.8 Å². The van der Waals surface area contributed by atoms with Gasteiger partial charge in [-0.1, -0.05) is 36.0 Å². The Hall–Kier alpha value is -2.93. The first-order valence-electron chi connectivity index (χ1n) is 9.23. The average Bonchev–Trinajstić information content (AvgIpc) is 3.15. The molecule has 5 nitrogen and oxygen atoms in total. The SMILES string of the molecule is CC(=O)NCCc1ccc(C(=O)CSc2nccn2-c2cccc(C)c2)cc1F. The molecule has 0 aliphatic rings. The molecule has 0 aliphatic carbocycles. The lowest BCUT2D eigenvalue weighted by Gasteiger charge is -2.09. The van der Waals surface area contributed by atoms with Crippen molar-refractivity contribution >= 4 is 23.5 Å². The first-order chi connectivity index (χ1) is 13.9. The van der Waals surface area contributed by atoms with Crippen LogP contribution in [0.1, 0.15) is 28.4 Å². The third-order valence-electron chi connectivity index (χ3n) is 4.36. The van der Waals surface area contributed by atoms with E-state index in [-0.39, 0.29) is 17.4 Å². The minimum atomic E-state index is -0.438. The van der Waals surface area contributed by atoms with Crippen LogP contribution in [0.15, 0.2) is 60.0 Å². The normalized spacial score (nSPS) is 10.7. The predicted molar refractivity (Wildman–Crippen MR) is 112 cm³/mol. The van der Waals surface area contributed by atoms with E-state index in [0.717, 1.165) is 11.3 Å². The summed E-state index contributed by atoms with van der Waals surface area (Å²) in [4.78, 5) is 27.8. The standard InChI is InChI=1S/C22H22FN3O2S/c1-15-4-3-5-19(12-15)26-11-10-25-22(26)29-14-21(28)18-7-6-17(20(23)13-18)8-9-24-16(2)27/h3-7,10-13H,8-9,14H2,1-2H3,(H,24,27). The molecule has 0 fully saturated rings. The second-order valence-electron chi connectivity index (χ2n) is 6.67. The summed E-state index contributed by atoms with van der Waals surface area (Å²) in [5, 5.41) is 3.34. The lowest BCUT2D eigenvalue weighted by Crippen LogP contribution is -2.22. The topological polar surface area (TPSA) is 64.0 Å². The quantitative estimate of drug-likeness (QED) is 0.450. The maximum absolute atomic E-state index is 14.3. The van der Waals surface area contributed by atoms with E-state index in [1.807, 2.05) is 42.0 Å². The molecule has 0 atom stereocenters. The van der Waals surface area contributed by atoms with Crippen LogP contribution in [0.3, 0.4) is 0 Å². The Balaban J connectivity index is 1.64. The number of thioether (sulfide) groups is 1. The zero-order chi connectivity index (χ0) is 20.8. The molecule has 0 spiro atoms. The van der Waals surface area contributed by atoms with Crippen LogP contribution in [0.5, 0.6) is 0 Å². The molecule has 29 heavy (non-hydrogen) atoms. The smallest absolute Gasteiger partial charge is 0.216 e. The van der Waals surface area contributed by atoms with Crippen molar-refractivity contribution in [3.8, 4) is 5.69 Å². The Morgan fingerprint density at radius 3 is 2.76 bits per heavy atom. The number of aromatic nitrogens is 2. The molecule has 1 N–H and O–H groups in total. The number of amides is 1. The predicted octanol–water partition coefficient (Wildman–Crippen LogP) is 3.97. The number of imidazole rings is 1. The fourth-order valence-electron chi connectivity index (χ4n) is 2.88. The van der Waals surface area contributed by atoms with Gasteiger partial charge in [0.1, 0.15) is 5.82 Å². The van der Waals surface area contributed by atoms with Gasteiger partial charge in [-0.3, -0.25) is 14.2 Å². The van der Waals surface area contributed by atoms with Crippen LogP contribution in [-0.2, 0) is 11.2 Å². The summed E-state index contributed by atoms with van der Waals surface area (Å²) in [5.41, 5.74) is 2.91. The van der Waals surface area contributed by atoms with Gasteiger partial charge in [-0.15, -0.1) is 0 Å². The lowest BCUT2D eigenvalue weighted by atomic mass is 10.1. The zero-order valence-corrected chi connectivity index (χ0v) is 17.1. The molecule has 0 saturated heterocycles. The fraction of sp³-hybridized carbons (Fsp3) is 0.227. The maximum atomic E-state index is 14.3. The Kier molecular flexibility index (Phi) is 6.82. The van der Waals surface area contributed by atoms with E-state index in [1.54, 1.807) is 18.3 Å². The number of nitrogens with zero attached hydrogens (tertiary/aromatic N) is 2. The maximum Gasteiger partial charge on any atom is 0.216 e. The monoisotopic (exact) mass is 411 g/mol. The number of Topliss-reactive ketones (excluding diaryl/α,β-unsaturated/α-hetero) is 1. The molecule has 0 unspecified atom stereocenters. The number of carbonyl (C=O) groups excluding carboxylic acids is 2. The third kappa shape index (κ3) is 5.54. The summed E-state index contributed by atoms with van der Waals surface area (Å²) in [7, 11) is 0. The summed E-state index contributed by atoms with van der Waals surface area (Å²) in [6, 6.07) is 12.5. The molecule has 0 radical (unpaired) electrons. The third-order valence-corrected chi connectivity index (χ3v) is 5.33. The van der Waals surface area contributed by atoms with Crippen molar-refractivity contribution < 1.29 is 14.0 Å². The van der Waals surface area contributed by atoms with Crippen molar-refractivity contribution in [1.82, 2.24) is 14.9 Å². The highest BCUT2D eigenvalue weighted by atomic mass is 32.2. The minimum Gasteiger partial charge on any atom is -0.356 e. The average molecular weight is 412 g/mol. The number of hydrogen-bond donors (Lipinski definition) is 1. The Labute approximate surface area is 173 Å². The van der Waals surface area contributed by atoms with Crippen molar-refractivity contribution in [3.63, 3.8) is 0 Å². The second-order valence-corrected chi connectivity index (χ2v) is 7.61. The van der Waals surface area contributed by atoms with Gasteiger partial charge >= 0.3 is 0 Å². The van der Waals surface area contributed by atoms with Crippen LogP contribution in [0.2, 0.25) is 0 Å². The molecule has 3 aromatic rings. The first-order valence-corrected chi connectivity index (χ1v) is 10.2. The molecular weight excluding hydrogens is 389 g/mol. The van der Waals surface area contributed by atoms with Gasteiger partial charge in [-0.2, -0.15) is 0 Å². The van der Waals surface area contributed by atoms with Gasteiger partial charge in [0.05, 0.1) is 5.75 Å². The van der Waals surface area contributed by atoms with E-state index < -0.39 is 5.82 Å². The van der Waals surface area contributed by atoms with Crippen molar-refractivity contribution in [3.05, 3.63) is 77.4 Å². The number of benzene rings is 2. The van der Waals surface area contributed by atoms with E-state index in [2.05, 4.69) is 10.3 Å². The number of halogens is 1. The molecule has 1 aromatic heterocycles. The molecule has 2 aromatic carbocycles. The second kappa shape index (κ2) is 9.52. The minimum absolute atomic E-state index is 0.154. The van der Waals surface area contributed by atoms with Crippen LogP contribution in [0.25, 0.3) is 5.69 Å². The van der Waals surface area contributed by atoms with Gasteiger partial charge < -0.3 is 5.32 Å². The van der Waals surface area contributed by atoms with Crippen molar-refractivity contribution in [2.45, 2.75) is 25.4 Å². The summed E-state index contributed by atoms with van der Waals surface area (Å²) >= 11 is 1.32. The highest BCUT2D eigenvalue weighted by Gasteiger charge is 2.13. The van der Waals surface area contributed by atoms with Crippen LogP contribution >= 0.6 is 11.8 Å². The van der Waals surface area contributed by atoms with Crippen LogP contribution in [0.4, 0.5) is 4.39 Å². The number of rotatable bonds is 8. The number of nitrogens with one attached hydrogen (secondary N) is 1. The van der Waals surface area contributed by atoms with Gasteiger partial charge in [0.25, 0.3) is 0 Å². The van der Waals surface area contributed by atoms with Gasteiger partial charge in [-0.05, 0) is 42.7 Å². The first kappa shape index (κ1) is 20.8. The Morgan fingerprint density at radius 2 is 2.03 bits per heavy atom. The summed E-state index contributed by atoms with van der Waals surface area (Å²) in [6.45, 7) is 3.79. The molecule has 0 bridgehead atoms. The van der Waals surface area contributed by atoms with Crippen LogP contribution in [-0.4, -0.2) is 33.5 Å². The molecular formula is C22H22FN3O2S. The van der Waals surface area contributed by atoms with Crippen molar-refractivity contribution in [1.29, 1.82) is 0 Å². The zero-order valence-electron chi connectivity index (χ0n) is 16.3. The van der Waals surface area contributed by atoms with Crippen molar-refractivity contribution in [2.24, 2.45) is 0 Å². The molecule has 0 saturated carbocycles. The molecule has 7 heteroatoms. The van der Waals surface area contributed by atoms with E-state index in [4.69, 9.17) is 0 Å². The number of carbonyl (C=O) groups is 2. The molecule has 150 valence electrons. The number of hydrogen-bond acceptors (Lipinski definition) is 4. The Bertz CT molecular complexity index is 1030. The summed E-state index contributed by atoms with van der Waals surface area (Å²) in [5.74, 6) is -0.597. The van der Waals surface area contributed by atoms with Gasteiger partial charge in [0.2, 0.25) is 5.91 Å². The molecule has 0 aliphatic heterocycles. The summed E-state index contributed by atoms with van der Waals surface area (Å²) in [6.07, 6.45) is 3.92. The Morgan fingerprint density at radius 1 is 1.21 bits per heavy atom. The van der Waals surface area contributed by atoms with Gasteiger partial charge in [-0.25, -0.2) is 9.37 Å². The highest BCUT2D eigenvalue weighted by Crippen LogP contribution is 2.22. The van der Waals surface area contributed by atoms with E-state index in [9.17, 15) is 14.0 Å². The molecule has 1 amide bonds. The summed E-state index contributed by atoms with van der Waals surface area (Å²) < 4.78 is 16.2. The van der Waals surface area contributed by atoms with Gasteiger partial charge in [0.15, 0.2) is 10.9 Å². The van der Waals surface area contributed by atoms with Crippen molar-refractivity contribution in [2.75, 3.05) is 12.3 Å². The fourth-order valence-corrected chi connectivity index (χ4v) is 3.75. The molecule has 1 heterocycles. The van der Waals surface area contributed by atoms with Gasteiger partial charge in [0, 0.05) is 37.1 Å².